The monoisotopic (exact) mass is 274 g/mol. The van der Waals surface area contributed by atoms with Crippen LogP contribution in [0.25, 0.3) is 0 Å². The van der Waals surface area contributed by atoms with Gasteiger partial charge in [0.1, 0.15) is 0 Å². The minimum absolute atomic E-state index is 0.0662. The van der Waals surface area contributed by atoms with Crippen LogP contribution >= 0.6 is 0 Å². The number of amides is 1. The highest BCUT2D eigenvalue weighted by molar-refractivity contribution is 5.78. The Morgan fingerprint density at radius 3 is 2.75 bits per heavy atom. The second kappa shape index (κ2) is 8.18. The van der Waals surface area contributed by atoms with Gasteiger partial charge in [0.25, 0.3) is 0 Å². The normalized spacial score (nSPS) is 10.6. The van der Waals surface area contributed by atoms with Crippen molar-refractivity contribution in [1.29, 1.82) is 5.26 Å². The van der Waals surface area contributed by atoms with E-state index in [2.05, 4.69) is 5.32 Å². The first-order valence-corrected chi connectivity index (χ1v) is 6.75. The lowest BCUT2D eigenvalue weighted by Gasteiger charge is -2.26. The molecule has 5 heteroatoms. The summed E-state index contributed by atoms with van der Waals surface area (Å²) in [5, 5.41) is 11.2. The van der Waals surface area contributed by atoms with Crippen molar-refractivity contribution in [2.45, 2.75) is 32.9 Å². The van der Waals surface area contributed by atoms with E-state index in [4.69, 9.17) is 11.0 Å². The van der Waals surface area contributed by atoms with Gasteiger partial charge >= 0.3 is 0 Å². The van der Waals surface area contributed by atoms with Crippen molar-refractivity contribution in [3.8, 4) is 6.07 Å². The second-order valence-electron chi connectivity index (χ2n) is 4.96. The number of carbonyl (C=O) groups excluding carboxylic acids is 1. The van der Waals surface area contributed by atoms with Crippen LogP contribution in [0.2, 0.25) is 0 Å². The lowest BCUT2D eigenvalue weighted by atomic mass is 10.1. The summed E-state index contributed by atoms with van der Waals surface area (Å²) in [6.07, 6.45) is 0.332. The average molecular weight is 274 g/mol. The fraction of sp³-hybridized carbons (Fsp3) is 0.467. The van der Waals surface area contributed by atoms with Gasteiger partial charge < -0.3 is 11.1 Å². The number of nitrogen functional groups attached to an aromatic ring is 1. The first-order chi connectivity index (χ1) is 9.54. The number of nitriles is 1. The largest absolute Gasteiger partial charge is 0.398 e. The van der Waals surface area contributed by atoms with Gasteiger partial charge in [0.15, 0.2) is 0 Å². The van der Waals surface area contributed by atoms with E-state index in [-0.39, 0.29) is 11.9 Å². The number of para-hydroxylation sites is 1. The molecule has 0 aliphatic rings. The van der Waals surface area contributed by atoms with Crippen LogP contribution in [-0.2, 0) is 11.3 Å². The zero-order valence-corrected chi connectivity index (χ0v) is 12.1. The Balaban J connectivity index is 2.59. The fourth-order valence-electron chi connectivity index (χ4n) is 1.82. The van der Waals surface area contributed by atoms with Crippen molar-refractivity contribution < 1.29 is 4.79 Å². The number of hydrogen-bond donors (Lipinski definition) is 2. The molecule has 0 spiro atoms. The number of nitrogens with one attached hydrogen (secondary N) is 1. The van der Waals surface area contributed by atoms with E-state index < -0.39 is 0 Å². The predicted octanol–water partition coefficient (Wildman–Crippen LogP) is 1.51. The third-order valence-corrected chi connectivity index (χ3v) is 3.06. The maximum atomic E-state index is 11.8. The Labute approximate surface area is 120 Å². The van der Waals surface area contributed by atoms with E-state index in [1.165, 1.54) is 0 Å². The van der Waals surface area contributed by atoms with E-state index in [9.17, 15) is 4.79 Å². The Kier molecular flexibility index (Phi) is 6.54. The SMILES string of the molecule is CC(C)N(CC(=O)NCCC#N)Cc1ccccc1N. The summed E-state index contributed by atoms with van der Waals surface area (Å²) in [6, 6.07) is 9.90. The molecule has 0 aromatic heterocycles. The van der Waals surface area contributed by atoms with Gasteiger partial charge in [0.05, 0.1) is 19.0 Å². The molecule has 1 amide bonds. The van der Waals surface area contributed by atoms with E-state index >= 15 is 0 Å². The number of nitrogens with two attached hydrogens (primary N) is 1. The molecule has 20 heavy (non-hydrogen) atoms. The predicted molar refractivity (Wildman–Crippen MR) is 79.6 cm³/mol. The Morgan fingerprint density at radius 1 is 1.45 bits per heavy atom. The van der Waals surface area contributed by atoms with Crippen LogP contribution in [0.3, 0.4) is 0 Å². The Hall–Kier alpha value is -2.06. The molecular weight excluding hydrogens is 252 g/mol. The average Bonchev–Trinajstić information content (AvgIpc) is 2.40. The first-order valence-electron chi connectivity index (χ1n) is 6.75. The second-order valence-corrected chi connectivity index (χ2v) is 4.96. The van der Waals surface area contributed by atoms with Gasteiger partial charge in [-0.25, -0.2) is 0 Å². The fourth-order valence-corrected chi connectivity index (χ4v) is 1.82. The number of hydrogen-bond acceptors (Lipinski definition) is 4. The van der Waals surface area contributed by atoms with Crippen molar-refractivity contribution >= 4 is 11.6 Å². The third kappa shape index (κ3) is 5.29. The number of carbonyl (C=O) groups is 1. The number of nitrogens with zero attached hydrogens (tertiary/aromatic N) is 2. The molecule has 0 aliphatic heterocycles. The molecule has 3 N–H and O–H groups in total. The highest BCUT2D eigenvalue weighted by Crippen LogP contribution is 2.14. The van der Waals surface area contributed by atoms with Gasteiger partial charge in [-0.3, -0.25) is 9.69 Å². The first kappa shape index (κ1) is 16.0. The molecule has 0 heterocycles. The molecule has 1 aromatic carbocycles. The molecule has 0 saturated carbocycles. The van der Waals surface area contributed by atoms with E-state index in [1.54, 1.807) is 0 Å². The Bertz CT molecular complexity index is 479. The molecule has 0 fully saturated rings. The van der Waals surface area contributed by atoms with Crippen molar-refractivity contribution in [3.63, 3.8) is 0 Å². The lowest BCUT2D eigenvalue weighted by Crippen LogP contribution is -2.40. The summed E-state index contributed by atoms with van der Waals surface area (Å²) >= 11 is 0. The zero-order valence-electron chi connectivity index (χ0n) is 12.1. The minimum atomic E-state index is -0.0662. The summed E-state index contributed by atoms with van der Waals surface area (Å²) < 4.78 is 0. The summed E-state index contributed by atoms with van der Waals surface area (Å²) in [5.41, 5.74) is 7.69. The third-order valence-electron chi connectivity index (χ3n) is 3.06. The molecule has 0 atom stereocenters. The number of rotatable bonds is 7. The van der Waals surface area contributed by atoms with Crippen LogP contribution in [0.15, 0.2) is 24.3 Å². The van der Waals surface area contributed by atoms with Gasteiger partial charge in [0, 0.05) is 24.8 Å². The highest BCUT2D eigenvalue weighted by atomic mass is 16.2. The summed E-state index contributed by atoms with van der Waals surface area (Å²) in [6.45, 7) is 5.42. The quantitative estimate of drug-likeness (QED) is 0.583. The van der Waals surface area contributed by atoms with Crippen LogP contribution in [0.5, 0.6) is 0 Å². The van der Waals surface area contributed by atoms with Gasteiger partial charge in [-0.1, -0.05) is 18.2 Å². The standard InChI is InChI=1S/C15H22N4O/c1-12(2)19(11-15(20)18-9-5-8-16)10-13-6-3-4-7-14(13)17/h3-4,6-7,12H,5,9-11,17H2,1-2H3,(H,18,20). The van der Waals surface area contributed by atoms with Crippen molar-refractivity contribution in [3.05, 3.63) is 29.8 Å². The molecular formula is C15H22N4O. The van der Waals surface area contributed by atoms with Gasteiger partial charge in [-0.15, -0.1) is 0 Å². The molecule has 108 valence electrons. The smallest absolute Gasteiger partial charge is 0.234 e. The molecule has 0 radical (unpaired) electrons. The maximum Gasteiger partial charge on any atom is 0.234 e. The van der Waals surface area contributed by atoms with Crippen LogP contribution < -0.4 is 11.1 Å². The molecule has 5 nitrogen and oxygen atoms in total. The summed E-state index contributed by atoms with van der Waals surface area (Å²) in [4.78, 5) is 13.9. The van der Waals surface area contributed by atoms with Crippen molar-refractivity contribution in [1.82, 2.24) is 10.2 Å². The summed E-state index contributed by atoms with van der Waals surface area (Å²) in [7, 11) is 0. The topological polar surface area (TPSA) is 82.2 Å². The lowest BCUT2D eigenvalue weighted by molar-refractivity contribution is -0.122. The summed E-state index contributed by atoms with van der Waals surface area (Å²) in [5.74, 6) is -0.0662. The van der Waals surface area contributed by atoms with Crippen LogP contribution in [0.4, 0.5) is 5.69 Å². The van der Waals surface area contributed by atoms with Gasteiger partial charge in [0.2, 0.25) is 5.91 Å². The van der Waals surface area contributed by atoms with Crippen LogP contribution in [0.1, 0.15) is 25.8 Å². The number of benzene rings is 1. The van der Waals surface area contributed by atoms with Crippen LogP contribution in [-0.4, -0.2) is 29.9 Å². The van der Waals surface area contributed by atoms with E-state index in [1.807, 2.05) is 49.1 Å². The maximum absolute atomic E-state index is 11.8. The van der Waals surface area contributed by atoms with E-state index in [0.29, 0.717) is 26.1 Å². The Morgan fingerprint density at radius 2 is 2.15 bits per heavy atom. The van der Waals surface area contributed by atoms with Crippen molar-refractivity contribution in [2.75, 3.05) is 18.8 Å². The highest BCUT2D eigenvalue weighted by Gasteiger charge is 2.15. The zero-order chi connectivity index (χ0) is 15.0. The molecule has 1 aromatic rings. The van der Waals surface area contributed by atoms with Gasteiger partial charge in [-0.05, 0) is 25.5 Å². The van der Waals surface area contributed by atoms with Crippen molar-refractivity contribution in [2.24, 2.45) is 0 Å². The minimum Gasteiger partial charge on any atom is -0.398 e. The molecule has 0 saturated heterocycles. The molecule has 0 bridgehead atoms. The molecule has 0 unspecified atom stereocenters. The molecule has 1 rings (SSSR count). The van der Waals surface area contributed by atoms with E-state index in [0.717, 1.165) is 11.3 Å². The molecule has 0 aliphatic carbocycles. The number of anilines is 1. The van der Waals surface area contributed by atoms with Crippen LogP contribution in [0, 0.1) is 11.3 Å². The van der Waals surface area contributed by atoms with Gasteiger partial charge in [-0.2, -0.15) is 5.26 Å².